The summed E-state index contributed by atoms with van der Waals surface area (Å²) in [4.78, 5) is 22.4. The van der Waals surface area contributed by atoms with E-state index in [1.54, 1.807) is 0 Å². The Morgan fingerprint density at radius 3 is 2.41 bits per heavy atom. The van der Waals surface area contributed by atoms with Crippen LogP contribution < -0.4 is 11.1 Å². The van der Waals surface area contributed by atoms with Crippen molar-refractivity contribution in [3.63, 3.8) is 0 Å². The highest BCUT2D eigenvalue weighted by molar-refractivity contribution is 5.83. The van der Waals surface area contributed by atoms with Crippen molar-refractivity contribution in [1.29, 1.82) is 0 Å². The Hall–Kier alpha value is -1.10. The molecule has 1 amide bonds. The standard InChI is InChI=1S/C12H24N2O3/c1-3-4-10(12(16)17)14-11(15)6-5-9(2)7-8-13/h9-10H,3-8,13H2,1-2H3,(H,14,15)(H,16,17)/t9?,10-/m0/s1. The SMILES string of the molecule is CCC[C@H](NC(=O)CCC(C)CCN)C(=O)O. The van der Waals surface area contributed by atoms with Gasteiger partial charge in [0.05, 0.1) is 0 Å². The Morgan fingerprint density at radius 1 is 1.29 bits per heavy atom. The molecule has 0 fully saturated rings. The van der Waals surface area contributed by atoms with Crippen LogP contribution in [0.2, 0.25) is 0 Å². The number of amides is 1. The molecule has 0 bridgehead atoms. The summed E-state index contributed by atoms with van der Waals surface area (Å²) in [7, 11) is 0. The van der Waals surface area contributed by atoms with E-state index in [-0.39, 0.29) is 5.91 Å². The molecule has 0 saturated heterocycles. The van der Waals surface area contributed by atoms with E-state index in [0.717, 1.165) is 19.3 Å². The zero-order valence-corrected chi connectivity index (χ0v) is 10.7. The maximum Gasteiger partial charge on any atom is 0.326 e. The van der Waals surface area contributed by atoms with Crippen LogP contribution in [0.5, 0.6) is 0 Å². The van der Waals surface area contributed by atoms with E-state index < -0.39 is 12.0 Å². The monoisotopic (exact) mass is 244 g/mol. The van der Waals surface area contributed by atoms with Gasteiger partial charge in [-0.2, -0.15) is 0 Å². The summed E-state index contributed by atoms with van der Waals surface area (Å²) < 4.78 is 0. The second-order valence-corrected chi connectivity index (χ2v) is 4.47. The molecule has 1 unspecified atom stereocenters. The predicted molar refractivity (Wildman–Crippen MR) is 66.5 cm³/mol. The third kappa shape index (κ3) is 7.74. The fraction of sp³-hybridized carbons (Fsp3) is 0.833. The van der Waals surface area contributed by atoms with E-state index in [4.69, 9.17) is 10.8 Å². The minimum Gasteiger partial charge on any atom is -0.480 e. The average Bonchev–Trinajstić information content (AvgIpc) is 2.26. The molecule has 2 atom stereocenters. The Balaban J connectivity index is 3.93. The van der Waals surface area contributed by atoms with Crippen LogP contribution in [0, 0.1) is 5.92 Å². The molecule has 0 aliphatic rings. The summed E-state index contributed by atoms with van der Waals surface area (Å²) in [6, 6.07) is -0.752. The van der Waals surface area contributed by atoms with E-state index in [1.807, 2.05) is 13.8 Å². The fourth-order valence-electron chi connectivity index (χ4n) is 1.62. The number of aliphatic carboxylic acids is 1. The molecule has 5 heteroatoms. The molecule has 0 heterocycles. The molecule has 0 aliphatic heterocycles. The van der Waals surface area contributed by atoms with Gasteiger partial charge in [0.25, 0.3) is 0 Å². The maximum atomic E-state index is 11.5. The zero-order chi connectivity index (χ0) is 13.3. The molecular formula is C12H24N2O3. The van der Waals surface area contributed by atoms with Gasteiger partial charge in [0, 0.05) is 6.42 Å². The fourth-order valence-corrected chi connectivity index (χ4v) is 1.62. The van der Waals surface area contributed by atoms with Crippen LogP contribution in [0.25, 0.3) is 0 Å². The largest absolute Gasteiger partial charge is 0.480 e. The molecule has 0 spiro atoms. The van der Waals surface area contributed by atoms with Crippen LogP contribution in [0.15, 0.2) is 0 Å². The lowest BCUT2D eigenvalue weighted by Crippen LogP contribution is -2.40. The number of nitrogens with one attached hydrogen (secondary N) is 1. The first-order valence-corrected chi connectivity index (χ1v) is 6.23. The smallest absolute Gasteiger partial charge is 0.326 e. The van der Waals surface area contributed by atoms with Gasteiger partial charge in [-0.1, -0.05) is 20.3 Å². The van der Waals surface area contributed by atoms with E-state index in [2.05, 4.69) is 5.32 Å². The first-order valence-electron chi connectivity index (χ1n) is 6.23. The van der Waals surface area contributed by atoms with Crippen molar-refractivity contribution >= 4 is 11.9 Å². The molecule has 4 N–H and O–H groups in total. The van der Waals surface area contributed by atoms with Crippen LogP contribution >= 0.6 is 0 Å². The molecule has 0 aliphatic carbocycles. The number of carbonyl (C=O) groups excluding carboxylic acids is 1. The topological polar surface area (TPSA) is 92.4 Å². The Bertz CT molecular complexity index is 244. The summed E-state index contributed by atoms with van der Waals surface area (Å²) >= 11 is 0. The first kappa shape index (κ1) is 15.9. The van der Waals surface area contributed by atoms with E-state index in [1.165, 1.54) is 0 Å². The molecule has 0 aromatic carbocycles. The van der Waals surface area contributed by atoms with Crippen molar-refractivity contribution in [2.45, 2.75) is 52.0 Å². The lowest BCUT2D eigenvalue weighted by atomic mass is 10.0. The lowest BCUT2D eigenvalue weighted by molar-refractivity contribution is -0.142. The highest BCUT2D eigenvalue weighted by atomic mass is 16.4. The number of hydrogen-bond donors (Lipinski definition) is 3. The van der Waals surface area contributed by atoms with Gasteiger partial charge in [0.15, 0.2) is 0 Å². The predicted octanol–water partition coefficient (Wildman–Crippen LogP) is 1.12. The number of nitrogens with two attached hydrogens (primary N) is 1. The number of carboxylic acids is 1. The number of carboxylic acid groups (broad SMARTS) is 1. The van der Waals surface area contributed by atoms with Crippen LogP contribution in [0.4, 0.5) is 0 Å². The van der Waals surface area contributed by atoms with Gasteiger partial charge >= 0.3 is 5.97 Å². The zero-order valence-electron chi connectivity index (χ0n) is 10.7. The normalized spacial score (nSPS) is 14.1. The molecule has 5 nitrogen and oxygen atoms in total. The molecule has 0 aromatic heterocycles. The van der Waals surface area contributed by atoms with Gasteiger partial charge in [-0.25, -0.2) is 4.79 Å². The molecule has 0 saturated carbocycles. The first-order chi connectivity index (χ1) is 8.01. The number of hydrogen-bond acceptors (Lipinski definition) is 3. The summed E-state index contributed by atoms with van der Waals surface area (Å²) in [6.45, 7) is 4.56. The molecule has 100 valence electrons. The van der Waals surface area contributed by atoms with Gasteiger partial charge < -0.3 is 16.2 Å². The Labute approximate surface area is 103 Å². The van der Waals surface area contributed by atoms with Crippen LogP contribution in [0.1, 0.15) is 46.0 Å². The minimum absolute atomic E-state index is 0.185. The quantitative estimate of drug-likeness (QED) is 0.566. The average molecular weight is 244 g/mol. The van der Waals surface area contributed by atoms with Crippen LogP contribution in [-0.2, 0) is 9.59 Å². The highest BCUT2D eigenvalue weighted by Crippen LogP contribution is 2.09. The Morgan fingerprint density at radius 2 is 1.94 bits per heavy atom. The van der Waals surface area contributed by atoms with Crippen LogP contribution in [-0.4, -0.2) is 29.6 Å². The molecule has 0 aromatic rings. The number of rotatable bonds is 9. The van der Waals surface area contributed by atoms with Gasteiger partial charge in [-0.05, 0) is 31.7 Å². The maximum absolute atomic E-state index is 11.5. The minimum atomic E-state index is -0.963. The van der Waals surface area contributed by atoms with Crippen LogP contribution in [0.3, 0.4) is 0 Å². The summed E-state index contributed by atoms with van der Waals surface area (Å²) in [5.41, 5.74) is 5.42. The van der Waals surface area contributed by atoms with E-state index in [9.17, 15) is 9.59 Å². The van der Waals surface area contributed by atoms with E-state index in [0.29, 0.717) is 25.3 Å². The van der Waals surface area contributed by atoms with Gasteiger partial charge in [0.1, 0.15) is 6.04 Å². The van der Waals surface area contributed by atoms with Gasteiger partial charge in [-0.3, -0.25) is 4.79 Å². The van der Waals surface area contributed by atoms with Crippen molar-refractivity contribution < 1.29 is 14.7 Å². The Kier molecular flexibility index (Phi) is 8.40. The second-order valence-electron chi connectivity index (χ2n) is 4.47. The second kappa shape index (κ2) is 8.98. The van der Waals surface area contributed by atoms with Crippen molar-refractivity contribution in [3.05, 3.63) is 0 Å². The van der Waals surface area contributed by atoms with Gasteiger partial charge in [-0.15, -0.1) is 0 Å². The highest BCUT2D eigenvalue weighted by Gasteiger charge is 2.18. The lowest BCUT2D eigenvalue weighted by Gasteiger charge is -2.14. The molecule has 0 rings (SSSR count). The third-order valence-electron chi connectivity index (χ3n) is 2.73. The van der Waals surface area contributed by atoms with Crippen molar-refractivity contribution in [3.8, 4) is 0 Å². The molecule has 17 heavy (non-hydrogen) atoms. The molecular weight excluding hydrogens is 220 g/mol. The molecule has 0 radical (unpaired) electrons. The van der Waals surface area contributed by atoms with Crippen molar-refractivity contribution in [2.75, 3.05) is 6.54 Å². The van der Waals surface area contributed by atoms with E-state index >= 15 is 0 Å². The number of carbonyl (C=O) groups is 2. The third-order valence-corrected chi connectivity index (χ3v) is 2.73. The summed E-state index contributed by atoms with van der Waals surface area (Å²) in [5, 5.41) is 11.4. The summed E-state index contributed by atoms with van der Waals surface area (Å²) in [6.07, 6.45) is 3.22. The summed E-state index contributed by atoms with van der Waals surface area (Å²) in [5.74, 6) is -0.745. The van der Waals surface area contributed by atoms with Crippen molar-refractivity contribution in [1.82, 2.24) is 5.32 Å². The van der Waals surface area contributed by atoms with Gasteiger partial charge in [0.2, 0.25) is 5.91 Å². The van der Waals surface area contributed by atoms with Crippen molar-refractivity contribution in [2.24, 2.45) is 11.7 Å².